The second kappa shape index (κ2) is 10.8. The molecule has 0 saturated heterocycles. The highest BCUT2D eigenvalue weighted by molar-refractivity contribution is 5.76. The van der Waals surface area contributed by atoms with Crippen molar-refractivity contribution < 1.29 is 14.3 Å². The van der Waals surface area contributed by atoms with Crippen LogP contribution in [0.15, 0.2) is 24.3 Å². The second-order valence-corrected chi connectivity index (χ2v) is 7.77. The van der Waals surface area contributed by atoms with Crippen molar-refractivity contribution in [3.8, 4) is 11.4 Å². The van der Waals surface area contributed by atoms with Gasteiger partial charge in [-0.15, -0.1) is 5.10 Å². The summed E-state index contributed by atoms with van der Waals surface area (Å²) < 4.78 is 6.74. The third kappa shape index (κ3) is 5.87. The van der Waals surface area contributed by atoms with Crippen LogP contribution in [0.25, 0.3) is 5.69 Å². The van der Waals surface area contributed by atoms with E-state index < -0.39 is 0 Å². The molecule has 30 heavy (non-hydrogen) atoms. The average Bonchev–Trinajstić information content (AvgIpc) is 3.21. The minimum Gasteiger partial charge on any atom is -0.427 e. The van der Waals surface area contributed by atoms with Crippen LogP contribution in [0, 0.1) is 0 Å². The molecule has 1 aliphatic carbocycles. The lowest BCUT2D eigenvalue weighted by Crippen LogP contribution is -2.41. The fourth-order valence-electron chi connectivity index (χ4n) is 4.12. The Hall–Kier alpha value is -2.77. The fourth-order valence-corrected chi connectivity index (χ4v) is 4.12. The lowest BCUT2D eigenvalue weighted by molar-refractivity contribution is -0.134. The number of ether oxygens (including phenoxy) is 1. The maximum Gasteiger partial charge on any atom is 0.308 e. The Balaban J connectivity index is 1.49. The van der Waals surface area contributed by atoms with Crippen molar-refractivity contribution in [2.75, 3.05) is 6.54 Å². The normalized spacial score (nSPS) is 14.5. The first kappa shape index (κ1) is 21.9. The van der Waals surface area contributed by atoms with Crippen LogP contribution in [-0.2, 0) is 16.0 Å². The highest BCUT2D eigenvalue weighted by Crippen LogP contribution is 2.23. The zero-order valence-electron chi connectivity index (χ0n) is 17.9. The molecule has 1 saturated carbocycles. The van der Waals surface area contributed by atoms with Crippen molar-refractivity contribution in [2.24, 2.45) is 0 Å². The molecule has 1 fully saturated rings. The summed E-state index contributed by atoms with van der Waals surface area (Å²) in [4.78, 5) is 25.8. The van der Waals surface area contributed by atoms with Crippen molar-refractivity contribution >= 4 is 11.9 Å². The van der Waals surface area contributed by atoms with Crippen LogP contribution in [0.2, 0.25) is 0 Å². The molecule has 1 amide bonds. The van der Waals surface area contributed by atoms with Gasteiger partial charge in [-0.1, -0.05) is 19.3 Å². The first-order valence-corrected chi connectivity index (χ1v) is 10.9. The number of nitrogens with zero attached hydrogens (tertiary/aromatic N) is 5. The van der Waals surface area contributed by atoms with Gasteiger partial charge in [0.2, 0.25) is 5.91 Å². The molecule has 8 nitrogen and oxygen atoms in total. The largest absolute Gasteiger partial charge is 0.427 e. The summed E-state index contributed by atoms with van der Waals surface area (Å²) in [6.45, 7) is 4.24. The summed E-state index contributed by atoms with van der Waals surface area (Å²) in [5.41, 5.74) is 0.802. The van der Waals surface area contributed by atoms with E-state index in [4.69, 9.17) is 4.74 Å². The number of unbranched alkanes of at least 4 members (excludes halogenated alkanes) is 1. The molecule has 0 bridgehead atoms. The number of benzene rings is 1. The van der Waals surface area contributed by atoms with E-state index in [0.29, 0.717) is 24.6 Å². The number of amides is 1. The maximum absolute atomic E-state index is 12.7. The van der Waals surface area contributed by atoms with Gasteiger partial charge in [0, 0.05) is 32.4 Å². The summed E-state index contributed by atoms with van der Waals surface area (Å²) in [7, 11) is 0. The second-order valence-electron chi connectivity index (χ2n) is 7.77. The molecule has 1 aromatic heterocycles. The highest BCUT2D eigenvalue weighted by atomic mass is 16.5. The zero-order valence-corrected chi connectivity index (χ0v) is 17.9. The first-order chi connectivity index (χ1) is 14.6. The van der Waals surface area contributed by atoms with Crippen molar-refractivity contribution in [3.63, 3.8) is 0 Å². The number of aromatic nitrogens is 4. The first-order valence-electron chi connectivity index (χ1n) is 10.9. The van der Waals surface area contributed by atoms with Crippen molar-refractivity contribution in [2.45, 2.75) is 77.7 Å². The number of carbonyl (C=O) groups is 2. The van der Waals surface area contributed by atoms with E-state index in [1.165, 1.54) is 26.2 Å². The lowest BCUT2D eigenvalue weighted by atomic mass is 9.94. The number of hydrogen-bond donors (Lipinski definition) is 0. The molecular formula is C22H31N5O3. The Labute approximate surface area is 177 Å². The number of rotatable bonds is 9. The predicted molar refractivity (Wildman–Crippen MR) is 112 cm³/mol. The monoisotopic (exact) mass is 413 g/mol. The minimum absolute atomic E-state index is 0.269. The molecule has 0 radical (unpaired) electrons. The van der Waals surface area contributed by atoms with Gasteiger partial charge in [0.1, 0.15) is 5.75 Å². The van der Waals surface area contributed by atoms with Crippen LogP contribution in [-0.4, -0.2) is 49.6 Å². The fraction of sp³-hybridized carbons (Fsp3) is 0.591. The van der Waals surface area contributed by atoms with Gasteiger partial charge < -0.3 is 9.64 Å². The Kier molecular flexibility index (Phi) is 7.93. The summed E-state index contributed by atoms with van der Waals surface area (Å²) in [6, 6.07) is 7.48. The van der Waals surface area contributed by atoms with E-state index in [0.717, 1.165) is 43.7 Å². The third-order valence-electron chi connectivity index (χ3n) is 5.59. The van der Waals surface area contributed by atoms with Gasteiger partial charge in [-0.05, 0) is 67.3 Å². The van der Waals surface area contributed by atoms with Crippen LogP contribution < -0.4 is 4.74 Å². The molecule has 0 atom stereocenters. The molecular weight excluding hydrogens is 382 g/mol. The predicted octanol–water partition coefficient (Wildman–Crippen LogP) is 3.48. The van der Waals surface area contributed by atoms with Gasteiger partial charge in [-0.3, -0.25) is 9.59 Å². The number of esters is 1. The molecule has 1 aliphatic rings. The summed E-state index contributed by atoms with van der Waals surface area (Å²) in [5, 5.41) is 12.0. The van der Waals surface area contributed by atoms with Gasteiger partial charge >= 0.3 is 5.97 Å². The molecule has 8 heteroatoms. The van der Waals surface area contributed by atoms with E-state index in [1.807, 2.05) is 12.1 Å². The molecule has 162 valence electrons. The number of hydrogen-bond acceptors (Lipinski definition) is 6. The smallest absolute Gasteiger partial charge is 0.308 e. The van der Waals surface area contributed by atoms with Gasteiger partial charge in [0.05, 0.1) is 5.69 Å². The van der Waals surface area contributed by atoms with Crippen molar-refractivity contribution in [3.05, 3.63) is 30.1 Å². The molecule has 2 aromatic rings. The van der Waals surface area contributed by atoms with Gasteiger partial charge in [-0.25, -0.2) is 0 Å². The SMILES string of the molecule is CCN(C(=O)CCCCc1nnnn1-c1ccc(OC(C)=O)cc1)C1CCCCC1. The van der Waals surface area contributed by atoms with Crippen LogP contribution in [0.3, 0.4) is 0 Å². The van der Waals surface area contributed by atoms with E-state index in [9.17, 15) is 9.59 Å². The molecule has 0 N–H and O–H groups in total. The maximum atomic E-state index is 12.7. The molecule has 0 unspecified atom stereocenters. The Morgan fingerprint density at radius 3 is 2.53 bits per heavy atom. The summed E-state index contributed by atoms with van der Waals surface area (Å²) in [5.74, 6) is 1.15. The molecule has 0 spiro atoms. The number of carbonyl (C=O) groups excluding carboxylic acids is 2. The standard InChI is InChI=1S/C22H31N5O3/c1-3-26(18-9-5-4-6-10-18)22(29)12-8-7-11-21-23-24-25-27(21)19-13-15-20(16-14-19)30-17(2)28/h13-16,18H,3-12H2,1-2H3. The molecule has 3 rings (SSSR count). The molecule has 1 aromatic carbocycles. The Morgan fingerprint density at radius 1 is 1.13 bits per heavy atom. The van der Waals surface area contributed by atoms with E-state index in [-0.39, 0.29) is 11.9 Å². The van der Waals surface area contributed by atoms with Gasteiger partial charge in [0.15, 0.2) is 5.82 Å². The van der Waals surface area contributed by atoms with Gasteiger partial charge in [-0.2, -0.15) is 4.68 Å². The number of aryl methyl sites for hydroxylation is 1. The van der Waals surface area contributed by atoms with Crippen LogP contribution in [0.1, 0.15) is 71.0 Å². The minimum atomic E-state index is -0.356. The number of tetrazole rings is 1. The summed E-state index contributed by atoms with van der Waals surface area (Å²) in [6.07, 6.45) is 8.99. The zero-order chi connectivity index (χ0) is 21.3. The lowest BCUT2D eigenvalue weighted by Gasteiger charge is -2.33. The topological polar surface area (TPSA) is 90.2 Å². The average molecular weight is 414 g/mol. The molecule has 0 aliphatic heterocycles. The van der Waals surface area contributed by atoms with Gasteiger partial charge in [0.25, 0.3) is 0 Å². The highest BCUT2D eigenvalue weighted by Gasteiger charge is 2.23. The third-order valence-corrected chi connectivity index (χ3v) is 5.59. The van der Waals surface area contributed by atoms with E-state index >= 15 is 0 Å². The quantitative estimate of drug-likeness (QED) is 0.355. The van der Waals surface area contributed by atoms with Crippen molar-refractivity contribution in [1.29, 1.82) is 0 Å². The Bertz CT molecular complexity index is 828. The van der Waals surface area contributed by atoms with E-state index in [1.54, 1.807) is 16.8 Å². The van der Waals surface area contributed by atoms with Crippen LogP contribution in [0.4, 0.5) is 0 Å². The Morgan fingerprint density at radius 2 is 1.87 bits per heavy atom. The van der Waals surface area contributed by atoms with Crippen LogP contribution in [0.5, 0.6) is 5.75 Å². The van der Waals surface area contributed by atoms with E-state index in [2.05, 4.69) is 27.3 Å². The summed E-state index contributed by atoms with van der Waals surface area (Å²) >= 11 is 0. The molecule has 1 heterocycles. The van der Waals surface area contributed by atoms with Crippen molar-refractivity contribution in [1.82, 2.24) is 25.1 Å². The van der Waals surface area contributed by atoms with Crippen LogP contribution >= 0.6 is 0 Å².